The number of hydrogen-bond acceptors (Lipinski definition) is 3. The van der Waals surface area contributed by atoms with Crippen LogP contribution >= 0.6 is 0 Å². The molecular weight excluding hydrogens is 314 g/mol. The van der Waals surface area contributed by atoms with Gasteiger partial charge in [0.1, 0.15) is 0 Å². The van der Waals surface area contributed by atoms with Gasteiger partial charge in [0.25, 0.3) is 0 Å². The summed E-state index contributed by atoms with van der Waals surface area (Å²) in [5.41, 5.74) is 4.42. The third-order valence-electron chi connectivity index (χ3n) is 4.40. The number of nitrogens with one attached hydrogen (secondary N) is 1. The first kappa shape index (κ1) is 18.8. The van der Waals surface area contributed by atoms with Crippen LogP contribution in [0, 0.1) is 13.8 Å². The van der Waals surface area contributed by atoms with Crippen molar-refractivity contribution >= 4 is 5.91 Å². The second kappa shape index (κ2) is 8.56. The van der Waals surface area contributed by atoms with E-state index in [-0.39, 0.29) is 11.9 Å². The van der Waals surface area contributed by atoms with Crippen LogP contribution < -0.4 is 14.8 Å². The van der Waals surface area contributed by atoms with Crippen molar-refractivity contribution in [3.8, 4) is 11.5 Å². The van der Waals surface area contributed by atoms with Crippen molar-refractivity contribution in [1.82, 2.24) is 5.32 Å². The molecule has 1 atom stereocenters. The molecule has 0 saturated carbocycles. The molecule has 25 heavy (non-hydrogen) atoms. The zero-order valence-corrected chi connectivity index (χ0v) is 15.7. The third-order valence-corrected chi connectivity index (χ3v) is 4.40. The zero-order valence-electron chi connectivity index (χ0n) is 15.7. The van der Waals surface area contributed by atoms with Gasteiger partial charge >= 0.3 is 0 Å². The highest BCUT2D eigenvalue weighted by molar-refractivity contribution is 5.79. The maximum atomic E-state index is 12.5. The Morgan fingerprint density at radius 1 is 1.04 bits per heavy atom. The van der Waals surface area contributed by atoms with Crippen molar-refractivity contribution < 1.29 is 14.3 Å². The molecule has 2 aromatic carbocycles. The largest absolute Gasteiger partial charge is 0.493 e. The summed E-state index contributed by atoms with van der Waals surface area (Å²) in [6.45, 7) is 6.15. The first-order valence-corrected chi connectivity index (χ1v) is 8.55. The van der Waals surface area contributed by atoms with Gasteiger partial charge in [-0.2, -0.15) is 0 Å². The lowest BCUT2D eigenvalue weighted by molar-refractivity contribution is -0.121. The molecule has 2 rings (SSSR count). The maximum Gasteiger partial charge on any atom is 0.224 e. The molecule has 0 saturated heterocycles. The molecule has 0 fully saturated rings. The minimum absolute atomic E-state index is 0.0218. The van der Waals surface area contributed by atoms with Gasteiger partial charge in [-0.25, -0.2) is 0 Å². The average Bonchev–Trinajstić information content (AvgIpc) is 2.61. The molecule has 1 amide bonds. The number of carbonyl (C=O) groups is 1. The van der Waals surface area contributed by atoms with Gasteiger partial charge in [-0.1, -0.05) is 36.8 Å². The normalized spacial score (nSPS) is 11.7. The SMILES string of the molecule is CC[C@@H](NC(=O)Cc1ccc(C)cc1C)c1ccc(OC)c(OC)c1. The number of aryl methyl sites for hydroxylation is 2. The van der Waals surface area contributed by atoms with Crippen LogP contribution in [-0.4, -0.2) is 20.1 Å². The summed E-state index contributed by atoms with van der Waals surface area (Å²) in [5, 5.41) is 3.13. The predicted molar refractivity (Wildman–Crippen MR) is 100 cm³/mol. The van der Waals surface area contributed by atoms with Gasteiger partial charge < -0.3 is 14.8 Å². The van der Waals surface area contributed by atoms with E-state index in [9.17, 15) is 4.79 Å². The molecule has 2 aromatic rings. The van der Waals surface area contributed by atoms with Crippen LogP contribution in [0.4, 0.5) is 0 Å². The molecule has 0 aliphatic carbocycles. The van der Waals surface area contributed by atoms with Crippen molar-refractivity contribution in [1.29, 1.82) is 0 Å². The van der Waals surface area contributed by atoms with E-state index in [1.54, 1.807) is 14.2 Å². The quantitative estimate of drug-likeness (QED) is 0.824. The predicted octanol–water partition coefficient (Wildman–Crippen LogP) is 4.13. The van der Waals surface area contributed by atoms with E-state index in [1.165, 1.54) is 5.56 Å². The second-order valence-electron chi connectivity index (χ2n) is 6.25. The highest BCUT2D eigenvalue weighted by atomic mass is 16.5. The topological polar surface area (TPSA) is 47.6 Å². The molecule has 4 nitrogen and oxygen atoms in total. The van der Waals surface area contributed by atoms with Gasteiger partial charge in [0, 0.05) is 0 Å². The molecule has 0 spiro atoms. The van der Waals surface area contributed by atoms with Crippen molar-refractivity contribution in [2.24, 2.45) is 0 Å². The maximum absolute atomic E-state index is 12.5. The van der Waals surface area contributed by atoms with Crippen molar-refractivity contribution in [3.05, 3.63) is 58.7 Å². The first-order chi connectivity index (χ1) is 12.0. The summed E-state index contributed by atoms with van der Waals surface area (Å²) < 4.78 is 10.6. The van der Waals surface area contributed by atoms with E-state index in [2.05, 4.69) is 25.2 Å². The number of benzene rings is 2. The number of amides is 1. The molecule has 0 unspecified atom stereocenters. The highest BCUT2D eigenvalue weighted by Gasteiger charge is 2.16. The van der Waals surface area contributed by atoms with Crippen LogP contribution in [0.15, 0.2) is 36.4 Å². The lowest BCUT2D eigenvalue weighted by Crippen LogP contribution is -2.29. The van der Waals surface area contributed by atoms with E-state index in [0.717, 1.165) is 23.1 Å². The lowest BCUT2D eigenvalue weighted by Gasteiger charge is -2.19. The number of methoxy groups -OCH3 is 2. The van der Waals surface area contributed by atoms with Crippen LogP contribution in [0.3, 0.4) is 0 Å². The fraction of sp³-hybridized carbons (Fsp3) is 0.381. The summed E-state index contributed by atoms with van der Waals surface area (Å²) in [6, 6.07) is 11.9. The Morgan fingerprint density at radius 3 is 2.36 bits per heavy atom. The molecule has 0 heterocycles. The summed E-state index contributed by atoms with van der Waals surface area (Å²) in [6.07, 6.45) is 1.18. The van der Waals surface area contributed by atoms with E-state index in [4.69, 9.17) is 9.47 Å². The third kappa shape index (κ3) is 4.75. The fourth-order valence-electron chi connectivity index (χ4n) is 2.95. The summed E-state index contributed by atoms with van der Waals surface area (Å²) in [5.74, 6) is 1.37. The van der Waals surface area contributed by atoms with E-state index >= 15 is 0 Å². The number of ether oxygens (including phenoxy) is 2. The Kier molecular flexibility index (Phi) is 6.45. The van der Waals surface area contributed by atoms with Gasteiger partial charge in [0.05, 0.1) is 26.7 Å². The van der Waals surface area contributed by atoms with Crippen LogP contribution in [0.25, 0.3) is 0 Å². The summed E-state index contributed by atoms with van der Waals surface area (Å²) in [4.78, 5) is 12.5. The van der Waals surface area contributed by atoms with Crippen LogP contribution in [0.2, 0.25) is 0 Å². The Labute approximate surface area is 150 Å². The van der Waals surface area contributed by atoms with E-state index in [0.29, 0.717) is 17.9 Å². The summed E-state index contributed by atoms with van der Waals surface area (Å²) >= 11 is 0. The zero-order chi connectivity index (χ0) is 18.4. The Balaban J connectivity index is 2.12. The van der Waals surface area contributed by atoms with Crippen LogP contribution in [0.1, 0.15) is 41.6 Å². The number of carbonyl (C=O) groups excluding carboxylic acids is 1. The molecule has 0 bridgehead atoms. The smallest absolute Gasteiger partial charge is 0.224 e. The average molecular weight is 341 g/mol. The fourth-order valence-corrected chi connectivity index (χ4v) is 2.95. The van der Waals surface area contributed by atoms with E-state index < -0.39 is 0 Å². The molecule has 0 aliphatic heterocycles. The van der Waals surface area contributed by atoms with Gasteiger partial charge in [0.15, 0.2) is 11.5 Å². The monoisotopic (exact) mass is 341 g/mol. The van der Waals surface area contributed by atoms with Crippen molar-refractivity contribution in [2.75, 3.05) is 14.2 Å². The van der Waals surface area contributed by atoms with Crippen molar-refractivity contribution in [2.45, 2.75) is 39.7 Å². The second-order valence-corrected chi connectivity index (χ2v) is 6.25. The Morgan fingerprint density at radius 2 is 1.76 bits per heavy atom. The summed E-state index contributed by atoms with van der Waals surface area (Å²) in [7, 11) is 3.22. The number of rotatable bonds is 7. The van der Waals surface area contributed by atoms with Gasteiger partial charge in [-0.05, 0) is 49.1 Å². The van der Waals surface area contributed by atoms with Crippen molar-refractivity contribution in [3.63, 3.8) is 0 Å². The Bertz CT molecular complexity index is 740. The Hall–Kier alpha value is -2.49. The van der Waals surface area contributed by atoms with Gasteiger partial charge in [-0.15, -0.1) is 0 Å². The number of hydrogen-bond donors (Lipinski definition) is 1. The molecule has 0 aromatic heterocycles. The molecule has 1 N–H and O–H groups in total. The first-order valence-electron chi connectivity index (χ1n) is 8.55. The van der Waals surface area contributed by atoms with E-state index in [1.807, 2.05) is 37.3 Å². The highest BCUT2D eigenvalue weighted by Crippen LogP contribution is 2.30. The van der Waals surface area contributed by atoms with Gasteiger partial charge in [-0.3, -0.25) is 4.79 Å². The van der Waals surface area contributed by atoms with Gasteiger partial charge in [0.2, 0.25) is 5.91 Å². The molecule has 4 heteroatoms. The molecule has 0 radical (unpaired) electrons. The lowest BCUT2D eigenvalue weighted by atomic mass is 10.0. The van der Waals surface area contributed by atoms with Crippen LogP contribution in [0.5, 0.6) is 11.5 Å². The minimum Gasteiger partial charge on any atom is -0.493 e. The standard InChI is InChI=1S/C21H27NO3/c1-6-18(17-9-10-19(24-4)20(12-17)25-5)22-21(23)13-16-8-7-14(2)11-15(16)3/h7-12,18H,6,13H2,1-5H3,(H,22,23)/t18-/m1/s1. The van der Waals surface area contributed by atoms with Crippen LogP contribution in [-0.2, 0) is 11.2 Å². The molecular formula is C21H27NO3. The molecule has 134 valence electrons. The minimum atomic E-state index is -0.0574. The molecule has 0 aliphatic rings.